The molecule has 21 heavy (non-hydrogen) atoms. The third-order valence-electron chi connectivity index (χ3n) is 3.57. The van der Waals surface area contributed by atoms with E-state index in [2.05, 4.69) is 17.5 Å². The largest absolute Gasteiger partial charge is 0.376 e. The van der Waals surface area contributed by atoms with Crippen LogP contribution in [0.4, 0.5) is 4.39 Å². The maximum atomic E-state index is 12.8. The summed E-state index contributed by atoms with van der Waals surface area (Å²) in [6.07, 6.45) is 10.2. The second kappa shape index (κ2) is 8.57. The average Bonchev–Trinajstić information content (AvgIpc) is 2.45. The molecule has 0 aliphatic heterocycles. The lowest BCUT2D eigenvalue weighted by molar-refractivity contribution is 0.0416. The first-order valence-electron chi connectivity index (χ1n) is 7.56. The van der Waals surface area contributed by atoms with Crippen LogP contribution >= 0.6 is 0 Å². The second-order valence-corrected chi connectivity index (χ2v) is 5.24. The lowest BCUT2D eigenvalue weighted by Gasteiger charge is -2.18. The summed E-state index contributed by atoms with van der Waals surface area (Å²) in [4.78, 5) is 11.8. The maximum Gasteiger partial charge on any atom is 0.251 e. The number of nitrogens with one attached hydrogen (secondary N) is 1. The van der Waals surface area contributed by atoms with E-state index in [1.54, 1.807) is 0 Å². The minimum absolute atomic E-state index is 0.195. The Morgan fingerprint density at radius 2 is 1.95 bits per heavy atom. The Labute approximate surface area is 125 Å². The van der Waals surface area contributed by atoms with Gasteiger partial charge in [0.2, 0.25) is 0 Å². The molecular weight excluding hydrogens is 268 g/mol. The van der Waals surface area contributed by atoms with E-state index in [0.29, 0.717) is 18.7 Å². The van der Waals surface area contributed by atoms with Crippen LogP contribution in [0.2, 0.25) is 0 Å². The third kappa shape index (κ3) is 5.68. The van der Waals surface area contributed by atoms with Gasteiger partial charge >= 0.3 is 0 Å². The number of ether oxygens (including phenoxy) is 1. The van der Waals surface area contributed by atoms with Gasteiger partial charge in [0.05, 0.1) is 12.7 Å². The Morgan fingerprint density at radius 1 is 1.19 bits per heavy atom. The zero-order chi connectivity index (χ0) is 14.9. The third-order valence-corrected chi connectivity index (χ3v) is 3.57. The first kappa shape index (κ1) is 15.7. The van der Waals surface area contributed by atoms with Gasteiger partial charge in [0.25, 0.3) is 5.91 Å². The molecule has 1 aliphatic carbocycles. The van der Waals surface area contributed by atoms with Gasteiger partial charge in [-0.3, -0.25) is 4.79 Å². The molecule has 2 rings (SSSR count). The Morgan fingerprint density at radius 3 is 2.76 bits per heavy atom. The summed E-state index contributed by atoms with van der Waals surface area (Å²) in [7, 11) is 0. The van der Waals surface area contributed by atoms with Gasteiger partial charge in [0, 0.05) is 12.1 Å². The molecule has 3 nitrogen and oxygen atoms in total. The van der Waals surface area contributed by atoms with Gasteiger partial charge in [0.1, 0.15) is 5.82 Å². The first-order chi connectivity index (χ1) is 10.3. The van der Waals surface area contributed by atoms with Gasteiger partial charge in [0.15, 0.2) is 0 Å². The fourth-order valence-corrected chi connectivity index (χ4v) is 2.39. The van der Waals surface area contributed by atoms with E-state index in [-0.39, 0.29) is 17.8 Å². The molecule has 1 amide bonds. The van der Waals surface area contributed by atoms with Crippen molar-refractivity contribution in [3.05, 3.63) is 47.8 Å². The molecule has 0 bridgehead atoms. The van der Waals surface area contributed by atoms with E-state index in [1.165, 1.54) is 24.3 Å². The predicted octanol–water partition coefficient (Wildman–Crippen LogP) is 3.46. The quantitative estimate of drug-likeness (QED) is 0.666. The van der Waals surface area contributed by atoms with Gasteiger partial charge in [-0.1, -0.05) is 12.2 Å². The molecule has 0 aromatic heterocycles. The van der Waals surface area contributed by atoms with Gasteiger partial charge in [-0.25, -0.2) is 4.39 Å². The number of halogens is 1. The Bertz CT molecular complexity index is 470. The molecule has 1 atom stereocenters. The number of hydrogen-bond donors (Lipinski definition) is 1. The van der Waals surface area contributed by atoms with Gasteiger partial charge < -0.3 is 10.1 Å². The van der Waals surface area contributed by atoms with Gasteiger partial charge in [-0.2, -0.15) is 0 Å². The van der Waals surface area contributed by atoms with Gasteiger partial charge in [-0.15, -0.1) is 0 Å². The maximum absolute atomic E-state index is 12.8. The van der Waals surface area contributed by atoms with Crippen molar-refractivity contribution in [1.82, 2.24) is 5.32 Å². The molecular formula is C17H22FNO2. The number of amides is 1. The fourth-order valence-electron chi connectivity index (χ4n) is 2.39. The number of carbonyl (C=O) groups excluding carboxylic acids is 1. The molecule has 4 heteroatoms. The molecule has 0 heterocycles. The minimum Gasteiger partial charge on any atom is -0.376 e. The second-order valence-electron chi connectivity index (χ2n) is 5.24. The van der Waals surface area contributed by atoms with Crippen molar-refractivity contribution in [3.63, 3.8) is 0 Å². The van der Waals surface area contributed by atoms with Crippen LogP contribution in [0.1, 0.15) is 42.5 Å². The number of allylic oxidation sites excluding steroid dienone is 2. The van der Waals surface area contributed by atoms with E-state index < -0.39 is 0 Å². The predicted molar refractivity (Wildman–Crippen MR) is 80.7 cm³/mol. The monoisotopic (exact) mass is 290 g/mol. The summed E-state index contributed by atoms with van der Waals surface area (Å²) < 4.78 is 18.6. The van der Waals surface area contributed by atoms with Crippen LogP contribution in [0, 0.1) is 5.82 Å². The van der Waals surface area contributed by atoms with Crippen molar-refractivity contribution >= 4 is 5.91 Å². The molecule has 0 fully saturated rings. The molecule has 0 radical (unpaired) electrons. The number of carbonyl (C=O) groups is 1. The van der Waals surface area contributed by atoms with Crippen molar-refractivity contribution < 1.29 is 13.9 Å². The highest BCUT2D eigenvalue weighted by Crippen LogP contribution is 2.15. The fraction of sp³-hybridized carbons (Fsp3) is 0.471. The summed E-state index contributed by atoms with van der Waals surface area (Å²) in [6, 6.07) is 5.53. The van der Waals surface area contributed by atoms with Crippen LogP contribution in [0.25, 0.3) is 0 Å². The lowest BCUT2D eigenvalue weighted by Crippen LogP contribution is -2.29. The number of rotatable bonds is 5. The van der Waals surface area contributed by atoms with E-state index in [4.69, 9.17) is 4.74 Å². The van der Waals surface area contributed by atoms with E-state index >= 15 is 0 Å². The highest BCUT2D eigenvalue weighted by atomic mass is 18.2. The first-order valence-corrected chi connectivity index (χ1v) is 7.56. The Balaban J connectivity index is 1.65. The van der Waals surface area contributed by atoms with Crippen molar-refractivity contribution in [2.75, 3.05) is 13.2 Å². The highest BCUT2D eigenvalue weighted by Gasteiger charge is 2.10. The van der Waals surface area contributed by atoms with Crippen molar-refractivity contribution in [2.45, 2.75) is 38.2 Å². The Hall–Kier alpha value is -1.68. The zero-order valence-corrected chi connectivity index (χ0v) is 12.2. The van der Waals surface area contributed by atoms with E-state index in [9.17, 15) is 9.18 Å². The van der Waals surface area contributed by atoms with Crippen LogP contribution in [0.3, 0.4) is 0 Å². The molecule has 1 N–H and O–H groups in total. The highest BCUT2D eigenvalue weighted by molar-refractivity contribution is 5.94. The standard InChI is InChI=1S/C17H22FNO2/c18-15-10-8-14(9-11-15)17(20)19-12-13-21-16-6-4-2-1-3-5-7-16/h1-2,8-11,16H,3-7,12-13H2,(H,19,20)/b2-1+/i18-1. The molecule has 1 aromatic carbocycles. The van der Waals surface area contributed by atoms with Crippen LogP contribution in [-0.4, -0.2) is 25.2 Å². The molecule has 114 valence electrons. The summed E-state index contributed by atoms with van der Waals surface area (Å²) in [5.74, 6) is -0.535. The molecule has 0 saturated carbocycles. The molecule has 0 spiro atoms. The van der Waals surface area contributed by atoms with Gasteiger partial charge in [-0.05, 0) is 56.4 Å². The van der Waals surface area contributed by atoms with Crippen molar-refractivity contribution in [1.29, 1.82) is 0 Å². The molecule has 1 aromatic rings. The Kier molecular flexibility index (Phi) is 6.41. The zero-order valence-electron chi connectivity index (χ0n) is 12.2. The van der Waals surface area contributed by atoms with E-state index in [0.717, 1.165) is 32.1 Å². The molecule has 1 unspecified atom stereocenters. The van der Waals surface area contributed by atoms with Crippen LogP contribution in [0.5, 0.6) is 0 Å². The van der Waals surface area contributed by atoms with Crippen LogP contribution in [0.15, 0.2) is 36.4 Å². The number of benzene rings is 1. The van der Waals surface area contributed by atoms with Crippen LogP contribution < -0.4 is 5.32 Å². The normalized spacial score (nSPS) is 20.3. The molecule has 0 saturated heterocycles. The lowest BCUT2D eigenvalue weighted by atomic mass is 10.0. The van der Waals surface area contributed by atoms with Crippen molar-refractivity contribution in [2.24, 2.45) is 0 Å². The average molecular weight is 290 g/mol. The van der Waals surface area contributed by atoms with Crippen LogP contribution in [-0.2, 0) is 4.74 Å². The number of hydrogen-bond acceptors (Lipinski definition) is 2. The van der Waals surface area contributed by atoms with Crippen molar-refractivity contribution in [3.8, 4) is 0 Å². The van der Waals surface area contributed by atoms with E-state index in [1.807, 2.05) is 0 Å². The smallest absolute Gasteiger partial charge is 0.251 e. The summed E-state index contributed by atoms with van der Waals surface area (Å²) in [6.45, 7) is 0.990. The molecule has 1 aliphatic rings. The minimum atomic E-state index is -0.340. The summed E-state index contributed by atoms with van der Waals surface area (Å²) in [5, 5.41) is 2.79. The SMILES string of the molecule is O=C(NCCOC1CC/C=C/CCC1)c1ccc([18F])cc1. The summed E-state index contributed by atoms with van der Waals surface area (Å²) >= 11 is 0. The topological polar surface area (TPSA) is 38.3 Å². The summed E-state index contributed by atoms with van der Waals surface area (Å²) in [5.41, 5.74) is 0.465.